The third kappa shape index (κ3) is 2.99. The van der Waals surface area contributed by atoms with Crippen LogP contribution in [0.1, 0.15) is 43.7 Å². The molecule has 2 aromatic rings. The van der Waals surface area contributed by atoms with E-state index in [1.807, 2.05) is 23.2 Å². The molecule has 4 aliphatic rings. The fourth-order valence-corrected chi connectivity index (χ4v) is 6.67. The Hall–Kier alpha value is -3.03. The highest BCUT2D eigenvalue weighted by Gasteiger charge is 2.61. The predicted octanol–water partition coefficient (Wildman–Crippen LogP) is 2.21. The minimum atomic E-state index is -0.170. The first kappa shape index (κ1) is 19.6. The number of pyridine rings is 1. The van der Waals surface area contributed by atoms with Crippen LogP contribution in [-0.2, 0) is 14.4 Å². The second kappa shape index (κ2) is 7.53. The van der Waals surface area contributed by atoms with E-state index in [0.29, 0.717) is 24.9 Å². The number of H-pyrrole nitrogens is 1. The zero-order chi connectivity index (χ0) is 21.8. The molecule has 3 amide bonds. The van der Waals surface area contributed by atoms with Crippen LogP contribution in [-0.4, -0.2) is 62.3 Å². The molecule has 166 valence electrons. The lowest BCUT2D eigenvalue weighted by Crippen LogP contribution is -2.46. The highest BCUT2D eigenvalue weighted by atomic mass is 16.2. The SMILES string of the molecule is O=C(CN1C(=O)[C@@H]2[C@H]3CC[C@@H](C3)[C@H]2C1=O)N1CCC[C@@H](c2[nH]ncc2-c2ccncc2)C1. The molecule has 0 aromatic carbocycles. The molecular formula is C24H27N5O3. The van der Waals surface area contributed by atoms with E-state index in [1.165, 1.54) is 4.90 Å². The number of nitrogens with one attached hydrogen (secondary N) is 1. The van der Waals surface area contributed by atoms with E-state index in [4.69, 9.17) is 0 Å². The van der Waals surface area contributed by atoms with Gasteiger partial charge in [-0.05, 0) is 61.6 Å². The standard InChI is InChI=1S/C24H27N5O3/c30-19(13-29-23(31)20-15-3-4-16(10-15)21(20)24(29)32)28-9-1-2-17(12-28)22-18(11-26-27-22)14-5-7-25-8-6-14/h5-8,11,15-17,20-21H,1-4,9-10,12-13H2,(H,26,27)/t15-,16-,17+,20+,21+/m0/s1. The number of rotatable bonds is 4. The van der Waals surface area contributed by atoms with Crippen molar-refractivity contribution in [1.82, 2.24) is 25.0 Å². The summed E-state index contributed by atoms with van der Waals surface area (Å²) in [6.07, 6.45) is 10.3. The lowest BCUT2D eigenvalue weighted by Gasteiger charge is -2.33. The zero-order valence-electron chi connectivity index (χ0n) is 17.9. The molecule has 2 aromatic heterocycles. The average molecular weight is 434 g/mol. The molecule has 2 saturated heterocycles. The normalized spacial score (nSPS) is 31.4. The van der Waals surface area contributed by atoms with Gasteiger partial charge in [-0.25, -0.2) is 0 Å². The Morgan fingerprint density at radius 2 is 1.78 bits per heavy atom. The minimum absolute atomic E-state index is 0.109. The number of nitrogens with zero attached hydrogens (tertiary/aromatic N) is 4. The van der Waals surface area contributed by atoms with Gasteiger partial charge in [0, 0.05) is 42.7 Å². The van der Waals surface area contributed by atoms with Gasteiger partial charge in [0.05, 0.1) is 18.0 Å². The van der Waals surface area contributed by atoms with Crippen molar-refractivity contribution in [2.75, 3.05) is 19.6 Å². The van der Waals surface area contributed by atoms with Crippen molar-refractivity contribution in [2.24, 2.45) is 23.7 Å². The quantitative estimate of drug-likeness (QED) is 0.746. The van der Waals surface area contributed by atoms with Crippen LogP contribution in [0, 0.1) is 23.7 Å². The second-order valence-corrected chi connectivity index (χ2v) is 9.76. The van der Waals surface area contributed by atoms with Gasteiger partial charge in [-0.3, -0.25) is 29.4 Å². The Kier molecular flexibility index (Phi) is 4.62. The molecule has 0 radical (unpaired) electrons. The van der Waals surface area contributed by atoms with Gasteiger partial charge >= 0.3 is 0 Å². The topological polar surface area (TPSA) is 99.3 Å². The molecule has 2 saturated carbocycles. The summed E-state index contributed by atoms with van der Waals surface area (Å²) in [4.78, 5) is 46.3. The van der Waals surface area contributed by atoms with Gasteiger partial charge in [0.15, 0.2) is 0 Å². The van der Waals surface area contributed by atoms with Crippen molar-refractivity contribution in [3.63, 3.8) is 0 Å². The van der Waals surface area contributed by atoms with Crippen molar-refractivity contribution >= 4 is 17.7 Å². The third-order valence-corrected chi connectivity index (χ3v) is 8.15. The summed E-state index contributed by atoms with van der Waals surface area (Å²) in [5.74, 6) is 0.130. The molecule has 1 N–H and O–H groups in total. The molecule has 2 aliphatic heterocycles. The summed E-state index contributed by atoms with van der Waals surface area (Å²) < 4.78 is 0. The maximum absolute atomic E-state index is 13.2. The number of imide groups is 1. The monoisotopic (exact) mass is 433 g/mol. The van der Waals surface area contributed by atoms with Gasteiger partial charge in [-0.15, -0.1) is 0 Å². The van der Waals surface area contributed by atoms with Crippen LogP contribution in [0.25, 0.3) is 11.1 Å². The van der Waals surface area contributed by atoms with Gasteiger partial charge in [-0.2, -0.15) is 5.10 Å². The average Bonchev–Trinajstić information content (AvgIpc) is 3.61. The smallest absolute Gasteiger partial charge is 0.242 e. The number of hydrogen-bond acceptors (Lipinski definition) is 5. The predicted molar refractivity (Wildman–Crippen MR) is 115 cm³/mol. The van der Waals surface area contributed by atoms with Crippen LogP contribution < -0.4 is 0 Å². The van der Waals surface area contributed by atoms with E-state index >= 15 is 0 Å². The number of carbonyl (C=O) groups excluding carboxylic acids is 3. The number of piperidine rings is 1. The Morgan fingerprint density at radius 1 is 1.06 bits per heavy atom. The number of aromatic nitrogens is 3. The van der Waals surface area contributed by atoms with Crippen molar-refractivity contribution < 1.29 is 14.4 Å². The Bertz CT molecular complexity index is 1040. The fourth-order valence-electron chi connectivity index (χ4n) is 6.67. The van der Waals surface area contributed by atoms with Gasteiger partial charge in [0.1, 0.15) is 6.54 Å². The van der Waals surface area contributed by atoms with Gasteiger partial charge in [-0.1, -0.05) is 0 Å². The van der Waals surface area contributed by atoms with Crippen LogP contribution in [0.3, 0.4) is 0 Å². The summed E-state index contributed by atoms with van der Waals surface area (Å²) in [7, 11) is 0. The summed E-state index contributed by atoms with van der Waals surface area (Å²) >= 11 is 0. The number of hydrogen-bond donors (Lipinski definition) is 1. The van der Waals surface area contributed by atoms with E-state index in [9.17, 15) is 14.4 Å². The van der Waals surface area contributed by atoms with E-state index in [2.05, 4.69) is 15.2 Å². The molecule has 0 unspecified atom stereocenters. The number of amides is 3. The molecule has 4 fully saturated rings. The highest BCUT2D eigenvalue weighted by molar-refractivity contribution is 6.08. The number of aromatic amines is 1. The highest BCUT2D eigenvalue weighted by Crippen LogP contribution is 2.56. The summed E-state index contributed by atoms with van der Waals surface area (Å²) in [6.45, 7) is 1.10. The Labute approximate surface area is 186 Å². The van der Waals surface area contributed by atoms with Crippen molar-refractivity contribution in [3.05, 3.63) is 36.4 Å². The lowest BCUT2D eigenvalue weighted by atomic mass is 9.81. The number of likely N-dealkylation sites (tertiary alicyclic amines) is 2. The maximum Gasteiger partial charge on any atom is 0.242 e. The van der Waals surface area contributed by atoms with Gasteiger partial charge in [0.25, 0.3) is 0 Å². The van der Waals surface area contributed by atoms with E-state index in [-0.39, 0.29) is 42.0 Å². The van der Waals surface area contributed by atoms with Gasteiger partial charge in [0.2, 0.25) is 17.7 Å². The van der Waals surface area contributed by atoms with Crippen molar-refractivity contribution in [2.45, 2.75) is 38.0 Å². The molecule has 32 heavy (non-hydrogen) atoms. The largest absolute Gasteiger partial charge is 0.340 e. The second-order valence-electron chi connectivity index (χ2n) is 9.76. The van der Waals surface area contributed by atoms with Crippen LogP contribution in [0.15, 0.2) is 30.7 Å². The van der Waals surface area contributed by atoms with Crippen molar-refractivity contribution in [3.8, 4) is 11.1 Å². The van der Waals surface area contributed by atoms with Crippen LogP contribution in [0.4, 0.5) is 0 Å². The number of fused-ring (bicyclic) bond motifs is 5. The first-order valence-corrected chi connectivity index (χ1v) is 11.7. The number of carbonyl (C=O) groups is 3. The molecule has 5 atom stereocenters. The van der Waals surface area contributed by atoms with Crippen LogP contribution >= 0.6 is 0 Å². The first-order valence-electron chi connectivity index (χ1n) is 11.7. The summed E-state index contributed by atoms with van der Waals surface area (Å²) in [6, 6.07) is 3.91. The molecule has 4 heterocycles. The zero-order valence-corrected chi connectivity index (χ0v) is 17.9. The van der Waals surface area contributed by atoms with Crippen molar-refractivity contribution in [1.29, 1.82) is 0 Å². The first-order chi connectivity index (χ1) is 15.6. The summed E-state index contributed by atoms with van der Waals surface area (Å²) in [5.41, 5.74) is 3.09. The molecular weight excluding hydrogens is 406 g/mol. The molecule has 2 bridgehead atoms. The molecule has 8 heteroatoms. The van der Waals surface area contributed by atoms with Crippen LogP contribution in [0.5, 0.6) is 0 Å². The van der Waals surface area contributed by atoms with E-state index in [0.717, 1.165) is 48.9 Å². The molecule has 2 aliphatic carbocycles. The minimum Gasteiger partial charge on any atom is -0.340 e. The molecule has 6 rings (SSSR count). The molecule has 8 nitrogen and oxygen atoms in total. The van der Waals surface area contributed by atoms with Crippen LogP contribution in [0.2, 0.25) is 0 Å². The summed E-state index contributed by atoms with van der Waals surface area (Å²) in [5, 5.41) is 7.39. The van der Waals surface area contributed by atoms with Gasteiger partial charge < -0.3 is 4.90 Å². The third-order valence-electron chi connectivity index (χ3n) is 8.15. The van der Waals surface area contributed by atoms with E-state index in [1.54, 1.807) is 12.4 Å². The Morgan fingerprint density at radius 3 is 2.50 bits per heavy atom. The Balaban J connectivity index is 1.16. The fraction of sp³-hybridized carbons (Fsp3) is 0.542. The lowest BCUT2D eigenvalue weighted by molar-refractivity contribution is -0.147. The molecule has 0 spiro atoms. The maximum atomic E-state index is 13.2. The van der Waals surface area contributed by atoms with E-state index < -0.39 is 0 Å².